The van der Waals surface area contributed by atoms with Gasteiger partial charge in [-0.15, -0.1) is 0 Å². The molecule has 0 aromatic carbocycles. The minimum Gasteiger partial charge on any atom is -0.466 e. The fourth-order valence-electron chi connectivity index (χ4n) is 2.66. The second-order valence-corrected chi connectivity index (χ2v) is 7.84. The van der Waals surface area contributed by atoms with Crippen LogP contribution in [0.2, 0.25) is 0 Å². The van der Waals surface area contributed by atoms with Gasteiger partial charge in [0.25, 0.3) is 0 Å². The van der Waals surface area contributed by atoms with Crippen molar-refractivity contribution in [3.8, 4) is 0 Å². The number of hydrogen-bond donors (Lipinski definition) is 2. The first kappa shape index (κ1) is 33.3. The maximum Gasteiger partial charge on any atom is 0.330 e. The van der Waals surface area contributed by atoms with Gasteiger partial charge in [-0.3, -0.25) is 14.4 Å². The largest absolute Gasteiger partial charge is 0.466 e. The van der Waals surface area contributed by atoms with E-state index in [0.29, 0.717) is 6.42 Å². The maximum atomic E-state index is 11.8. The summed E-state index contributed by atoms with van der Waals surface area (Å²) >= 11 is 0. The third-order valence-corrected chi connectivity index (χ3v) is 4.65. The van der Waals surface area contributed by atoms with Gasteiger partial charge in [-0.05, 0) is 44.9 Å². The van der Waals surface area contributed by atoms with Crippen molar-refractivity contribution < 1.29 is 23.9 Å². The zero-order valence-electron chi connectivity index (χ0n) is 22.2. The highest BCUT2D eigenvalue weighted by atomic mass is 16.5. The molecule has 0 aliphatic heterocycles. The Morgan fingerprint density at radius 3 is 1.57 bits per heavy atom. The van der Waals surface area contributed by atoms with Crippen molar-refractivity contribution >= 4 is 23.6 Å². The van der Waals surface area contributed by atoms with E-state index in [-0.39, 0.29) is 31.2 Å². The molecule has 0 spiro atoms. The van der Waals surface area contributed by atoms with Crippen LogP contribution >= 0.6 is 0 Å². The van der Waals surface area contributed by atoms with Gasteiger partial charge < -0.3 is 15.4 Å². The van der Waals surface area contributed by atoms with E-state index in [1.165, 1.54) is 7.11 Å². The summed E-state index contributed by atoms with van der Waals surface area (Å²) in [5, 5.41) is 4.86. The summed E-state index contributed by atoms with van der Waals surface area (Å²) in [6.45, 7) is 1.74. The van der Waals surface area contributed by atoms with Gasteiger partial charge in [0.05, 0.1) is 20.2 Å². The maximum absolute atomic E-state index is 11.8. The average molecular weight is 511 g/mol. The van der Waals surface area contributed by atoms with Crippen molar-refractivity contribution in [1.82, 2.24) is 10.6 Å². The van der Waals surface area contributed by atoms with Crippen LogP contribution in [0.1, 0.15) is 58.3 Å². The van der Waals surface area contributed by atoms with Gasteiger partial charge in [0, 0.05) is 18.6 Å². The quantitative estimate of drug-likeness (QED) is 0.136. The molecule has 2 N–H and O–H groups in total. The standard InChI is InChI=1S/C30H42N2O5/c1-3-4-5-6-7-8-9-10-11-12-13-14-15-16-17-18-19-20-21-22-28(34)31-25-27(33)26-32-29(35)23-24-30(36)37-2/h4-5,7-8,10-11,13-14,16-17,19-20,23-24H,3,6,9,12,15,18,21-22,25-26H2,1-2H3,(H,31,34)(H,32,35)/b5-4-,8-7-,11-10-,14-13-,17-16-,20-19-,24-23+. The molecule has 0 rings (SSSR count). The summed E-state index contributed by atoms with van der Waals surface area (Å²) in [6, 6.07) is 0. The molecule has 2 amide bonds. The van der Waals surface area contributed by atoms with Crippen molar-refractivity contribution in [3.05, 3.63) is 85.1 Å². The van der Waals surface area contributed by atoms with E-state index in [0.717, 1.165) is 50.7 Å². The number of carbonyl (C=O) groups is 4. The third kappa shape index (κ3) is 25.2. The lowest BCUT2D eigenvalue weighted by Crippen LogP contribution is -2.36. The van der Waals surface area contributed by atoms with Crippen LogP contribution in [0.3, 0.4) is 0 Å². The van der Waals surface area contributed by atoms with Crippen molar-refractivity contribution in [1.29, 1.82) is 0 Å². The number of carbonyl (C=O) groups excluding carboxylic acids is 4. The monoisotopic (exact) mass is 510 g/mol. The van der Waals surface area contributed by atoms with Crippen LogP contribution in [-0.4, -0.2) is 43.8 Å². The highest BCUT2D eigenvalue weighted by molar-refractivity contribution is 5.97. The summed E-state index contributed by atoms with van der Waals surface area (Å²) < 4.78 is 4.36. The molecular formula is C30H42N2O5. The van der Waals surface area contributed by atoms with Crippen molar-refractivity contribution in [2.75, 3.05) is 20.2 Å². The van der Waals surface area contributed by atoms with Crippen molar-refractivity contribution in [2.45, 2.75) is 58.3 Å². The summed E-state index contributed by atoms with van der Waals surface area (Å²) in [6.07, 6.45) is 34.0. The molecule has 37 heavy (non-hydrogen) atoms. The van der Waals surface area contributed by atoms with Gasteiger partial charge in [-0.2, -0.15) is 0 Å². The number of nitrogens with one attached hydrogen (secondary N) is 2. The normalized spacial score (nSPS) is 12.3. The number of amides is 2. The van der Waals surface area contributed by atoms with E-state index < -0.39 is 11.9 Å². The van der Waals surface area contributed by atoms with Gasteiger partial charge in [0.1, 0.15) is 0 Å². The minimum absolute atomic E-state index is 0.163. The first-order valence-electron chi connectivity index (χ1n) is 12.7. The minimum atomic E-state index is -0.666. The molecule has 202 valence electrons. The van der Waals surface area contributed by atoms with E-state index in [4.69, 9.17) is 0 Å². The van der Waals surface area contributed by atoms with Crippen LogP contribution in [-0.2, 0) is 23.9 Å². The number of ketones is 1. The van der Waals surface area contributed by atoms with Gasteiger partial charge in [0.2, 0.25) is 11.8 Å². The second-order valence-electron chi connectivity index (χ2n) is 7.84. The van der Waals surface area contributed by atoms with E-state index >= 15 is 0 Å². The summed E-state index contributed by atoms with van der Waals surface area (Å²) in [4.78, 5) is 45.8. The fraction of sp³-hybridized carbons (Fsp3) is 0.400. The lowest BCUT2D eigenvalue weighted by Gasteiger charge is -2.04. The number of esters is 1. The van der Waals surface area contributed by atoms with Crippen molar-refractivity contribution in [3.63, 3.8) is 0 Å². The second kappa shape index (κ2) is 25.4. The van der Waals surface area contributed by atoms with Crippen LogP contribution in [0.4, 0.5) is 0 Å². The molecule has 0 fully saturated rings. The Labute approximate surface area is 221 Å². The molecule has 0 heterocycles. The zero-order valence-corrected chi connectivity index (χ0v) is 22.2. The molecule has 0 aromatic heterocycles. The Hall–Kier alpha value is -3.74. The van der Waals surface area contributed by atoms with Gasteiger partial charge in [-0.25, -0.2) is 4.79 Å². The van der Waals surface area contributed by atoms with Crippen LogP contribution in [0.5, 0.6) is 0 Å². The first-order valence-corrected chi connectivity index (χ1v) is 12.7. The Bertz CT molecular complexity index is 876. The van der Waals surface area contributed by atoms with Gasteiger partial charge in [0.15, 0.2) is 5.78 Å². The Kier molecular flexibility index (Phi) is 22.8. The first-order chi connectivity index (χ1) is 18.0. The third-order valence-electron chi connectivity index (χ3n) is 4.65. The molecule has 0 unspecified atom stereocenters. The Balaban J connectivity index is 3.76. The predicted molar refractivity (Wildman–Crippen MR) is 150 cm³/mol. The van der Waals surface area contributed by atoms with Gasteiger partial charge in [-0.1, -0.05) is 79.8 Å². The lowest BCUT2D eigenvalue weighted by atomic mass is 10.2. The van der Waals surface area contributed by atoms with Crippen LogP contribution < -0.4 is 10.6 Å². The van der Waals surface area contributed by atoms with Gasteiger partial charge >= 0.3 is 5.97 Å². The summed E-state index contributed by atoms with van der Waals surface area (Å²) in [5.41, 5.74) is 0. The molecule has 0 bridgehead atoms. The van der Waals surface area contributed by atoms with E-state index in [1.54, 1.807) is 0 Å². The topological polar surface area (TPSA) is 102 Å². The highest BCUT2D eigenvalue weighted by Crippen LogP contribution is 1.97. The smallest absolute Gasteiger partial charge is 0.330 e. The van der Waals surface area contributed by atoms with Crippen LogP contribution in [0, 0.1) is 0 Å². The molecule has 0 aromatic rings. The Morgan fingerprint density at radius 1 is 0.622 bits per heavy atom. The van der Waals surface area contributed by atoms with E-state index in [9.17, 15) is 19.2 Å². The molecule has 7 heteroatoms. The number of allylic oxidation sites excluding steroid dienone is 12. The average Bonchev–Trinajstić information content (AvgIpc) is 2.90. The Morgan fingerprint density at radius 2 is 1.08 bits per heavy atom. The van der Waals surface area contributed by atoms with Crippen LogP contribution in [0.25, 0.3) is 0 Å². The molecule has 7 nitrogen and oxygen atoms in total. The molecule has 0 atom stereocenters. The number of hydrogen-bond acceptors (Lipinski definition) is 5. The molecular weight excluding hydrogens is 468 g/mol. The van der Waals surface area contributed by atoms with E-state index in [2.05, 4.69) is 83.1 Å². The number of ether oxygens (including phenoxy) is 1. The van der Waals surface area contributed by atoms with E-state index in [1.807, 2.05) is 12.2 Å². The SMILES string of the molecule is CC/C=C\C/C=C\C/C=C\C/C=C\C/C=C\C/C=C\CCC(=O)NCC(=O)CNC(=O)/C=C/C(=O)OC. The molecule has 0 saturated heterocycles. The predicted octanol–water partition coefficient (Wildman–Crippen LogP) is 5.00. The van der Waals surface area contributed by atoms with Crippen LogP contribution in [0.15, 0.2) is 85.1 Å². The summed E-state index contributed by atoms with van der Waals surface area (Å²) in [7, 11) is 1.19. The molecule has 0 radical (unpaired) electrons. The molecule has 0 saturated carbocycles. The van der Waals surface area contributed by atoms with Crippen molar-refractivity contribution in [2.24, 2.45) is 0 Å². The number of methoxy groups -OCH3 is 1. The molecule has 0 aliphatic rings. The highest BCUT2D eigenvalue weighted by Gasteiger charge is 2.06. The number of Topliss-reactive ketones (excluding diaryl/α,β-unsaturated/α-hetero) is 1. The zero-order chi connectivity index (χ0) is 27.4. The fourth-order valence-corrected chi connectivity index (χ4v) is 2.66. The summed E-state index contributed by atoms with van der Waals surface area (Å²) in [5.74, 6) is -1.84. The molecule has 0 aliphatic carbocycles. The lowest BCUT2D eigenvalue weighted by molar-refractivity contribution is -0.135. The number of rotatable bonds is 20.